The number of carbonyl (C=O) groups excluding carboxylic acids is 2. The summed E-state index contributed by atoms with van der Waals surface area (Å²) < 4.78 is 0. The summed E-state index contributed by atoms with van der Waals surface area (Å²) >= 11 is 1.04. The molecule has 0 aliphatic carbocycles. The lowest BCUT2D eigenvalue weighted by atomic mass is 10.3. The van der Waals surface area contributed by atoms with Gasteiger partial charge in [0, 0.05) is 5.69 Å². The molecule has 0 atom stereocenters. The van der Waals surface area contributed by atoms with Gasteiger partial charge in [-0.2, -0.15) is 5.10 Å². The van der Waals surface area contributed by atoms with E-state index in [1.165, 1.54) is 6.07 Å². The molecule has 0 radical (unpaired) electrons. The number of para-hydroxylation sites is 1. The predicted molar refractivity (Wildman–Crippen MR) is 79.5 cm³/mol. The Balaban J connectivity index is 1.96. The average Bonchev–Trinajstić information content (AvgIpc) is 2.96. The zero-order valence-electron chi connectivity index (χ0n) is 11.1. The van der Waals surface area contributed by atoms with Crippen LogP contribution in [0.5, 0.6) is 0 Å². The summed E-state index contributed by atoms with van der Waals surface area (Å²) in [5.74, 6) is -1.23. The van der Waals surface area contributed by atoms with Crippen molar-refractivity contribution in [3.8, 4) is 0 Å². The third kappa shape index (κ3) is 4.15. The molecule has 2 aromatic rings. The molecule has 2 amide bonds. The van der Waals surface area contributed by atoms with Crippen molar-refractivity contribution in [3.05, 3.63) is 52.2 Å². The third-order valence-corrected chi connectivity index (χ3v) is 3.69. The van der Waals surface area contributed by atoms with Crippen molar-refractivity contribution >= 4 is 34.7 Å². The summed E-state index contributed by atoms with van der Waals surface area (Å²) in [6, 6.07) is 11.5. The van der Waals surface area contributed by atoms with Gasteiger partial charge in [0.1, 0.15) is 0 Å². The van der Waals surface area contributed by atoms with Crippen LogP contribution in [0.2, 0.25) is 0 Å². The van der Waals surface area contributed by atoms with E-state index in [4.69, 9.17) is 0 Å². The zero-order chi connectivity index (χ0) is 15.2. The molecule has 0 spiro atoms. The van der Waals surface area contributed by atoms with Crippen LogP contribution >= 0.6 is 11.3 Å². The van der Waals surface area contributed by atoms with Crippen LogP contribution in [-0.2, 0) is 0 Å². The molecule has 21 heavy (non-hydrogen) atoms. The van der Waals surface area contributed by atoms with Crippen molar-refractivity contribution < 1.29 is 14.7 Å². The highest BCUT2D eigenvalue weighted by atomic mass is 32.1. The summed E-state index contributed by atoms with van der Waals surface area (Å²) in [7, 11) is 0. The largest absolute Gasteiger partial charge is 0.544 e. The second-order valence-electron chi connectivity index (χ2n) is 4.08. The number of amides is 2. The lowest BCUT2D eigenvalue weighted by molar-refractivity contribution is -0.254. The predicted octanol–water partition coefficient (Wildman–Crippen LogP) is 1.66. The van der Waals surface area contributed by atoms with Crippen LogP contribution in [0.1, 0.15) is 21.5 Å². The van der Waals surface area contributed by atoms with Gasteiger partial charge in [0.2, 0.25) is 0 Å². The van der Waals surface area contributed by atoms with Gasteiger partial charge in [-0.15, -0.1) is 11.3 Å². The average molecular weight is 302 g/mol. The molecule has 0 saturated heterocycles. The molecule has 0 bridgehead atoms. The summed E-state index contributed by atoms with van der Waals surface area (Å²) in [4.78, 5) is 23.1. The number of anilines is 1. The molecule has 1 aromatic carbocycles. The number of carboxylic acid groups (broad SMARTS) is 1. The topological polar surface area (TPSA) is 93.6 Å². The van der Waals surface area contributed by atoms with E-state index in [1.54, 1.807) is 37.3 Å². The van der Waals surface area contributed by atoms with Gasteiger partial charge in [-0.05, 0) is 31.2 Å². The van der Waals surface area contributed by atoms with E-state index in [9.17, 15) is 14.7 Å². The monoisotopic (exact) mass is 302 g/mol. The number of benzene rings is 1. The van der Waals surface area contributed by atoms with Gasteiger partial charge in [-0.1, -0.05) is 18.2 Å². The van der Waals surface area contributed by atoms with E-state index >= 15 is 0 Å². The maximum Gasteiger partial charge on any atom is 0.339 e. The van der Waals surface area contributed by atoms with Crippen molar-refractivity contribution in [1.82, 2.24) is 5.43 Å². The summed E-state index contributed by atoms with van der Waals surface area (Å²) in [6.07, 6.45) is 0. The molecule has 1 aromatic heterocycles. The molecule has 6 nitrogen and oxygen atoms in total. The normalized spacial score (nSPS) is 11.0. The van der Waals surface area contributed by atoms with E-state index in [-0.39, 0.29) is 4.88 Å². The molecule has 7 heteroatoms. The van der Waals surface area contributed by atoms with Gasteiger partial charge in [0.05, 0.1) is 21.4 Å². The SMILES string of the molecule is C/C(=N/NC(=O)Nc1ccccc1)c1ccc(C(=O)[O-])s1. The van der Waals surface area contributed by atoms with E-state index in [0.717, 1.165) is 11.3 Å². The lowest BCUT2D eigenvalue weighted by Crippen LogP contribution is -2.25. The minimum absolute atomic E-state index is 0.119. The highest BCUT2D eigenvalue weighted by molar-refractivity contribution is 7.15. The summed E-state index contributed by atoms with van der Waals surface area (Å²) in [5, 5.41) is 17.2. The van der Waals surface area contributed by atoms with Gasteiger partial charge >= 0.3 is 6.03 Å². The number of carbonyl (C=O) groups is 2. The number of thiophene rings is 1. The van der Waals surface area contributed by atoms with Crippen LogP contribution in [0.15, 0.2) is 47.6 Å². The fraction of sp³-hybridized carbons (Fsp3) is 0.0714. The van der Waals surface area contributed by atoms with Crippen LogP contribution in [0.3, 0.4) is 0 Å². The Bertz CT molecular complexity index is 680. The molecule has 2 N–H and O–H groups in total. The highest BCUT2D eigenvalue weighted by Crippen LogP contribution is 2.16. The number of carboxylic acids is 1. The maximum absolute atomic E-state index is 11.6. The fourth-order valence-electron chi connectivity index (χ4n) is 1.51. The van der Waals surface area contributed by atoms with Gasteiger partial charge in [-0.3, -0.25) is 0 Å². The Morgan fingerprint density at radius 3 is 2.38 bits per heavy atom. The molecule has 0 aliphatic heterocycles. The molecular weight excluding hydrogens is 290 g/mol. The van der Waals surface area contributed by atoms with E-state index < -0.39 is 12.0 Å². The second-order valence-corrected chi connectivity index (χ2v) is 5.16. The van der Waals surface area contributed by atoms with Crippen LogP contribution in [0, 0.1) is 0 Å². The standard InChI is InChI=1S/C14H13N3O3S/c1-9(11-7-8-12(21-11)13(18)19)16-17-14(20)15-10-5-3-2-4-6-10/h2-8H,1H3,(H,18,19)(H2,15,17,20)/p-1/b16-9-. The molecule has 1 heterocycles. The number of hydrogen-bond acceptors (Lipinski definition) is 5. The van der Waals surface area contributed by atoms with Gasteiger partial charge in [-0.25, -0.2) is 10.2 Å². The number of nitrogens with one attached hydrogen (secondary N) is 2. The number of hydrazone groups is 1. The van der Waals surface area contributed by atoms with Crippen LogP contribution < -0.4 is 15.8 Å². The van der Waals surface area contributed by atoms with Crippen molar-refractivity contribution in [2.75, 3.05) is 5.32 Å². The van der Waals surface area contributed by atoms with Crippen LogP contribution in [0.4, 0.5) is 10.5 Å². The number of aromatic carboxylic acids is 1. The first-order valence-corrected chi connectivity index (χ1v) is 6.86. The van der Waals surface area contributed by atoms with E-state index in [0.29, 0.717) is 16.3 Å². The van der Waals surface area contributed by atoms with Crippen molar-refractivity contribution in [2.24, 2.45) is 5.10 Å². The Morgan fingerprint density at radius 1 is 1.10 bits per heavy atom. The molecule has 0 saturated carbocycles. The number of hydrogen-bond donors (Lipinski definition) is 2. The second kappa shape index (κ2) is 6.67. The van der Waals surface area contributed by atoms with Crippen molar-refractivity contribution in [3.63, 3.8) is 0 Å². The van der Waals surface area contributed by atoms with Crippen molar-refractivity contribution in [2.45, 2.75) is 6.92 Å². The Kier molecular flexibility index (Phi) is 4.68. The molecule has 0 fully saturated rings. The molecular formula is C14H12N3O3S-. The summed E-state index contributed by atoms with van der Waals surface area (Å²) in [6.45, 7) is 1.67. The molecule has 0 aliphatic rings. The number of rotatable bonds is 4. The van der Waals surface area contributed by atoms with Crippen LogP contribution in [-0.4, -0.2) is 17.7 Å². The minimum atomic E-state index is -1.23. The van der Waals surface area contributed by atoms with Gasteiger partial charge in [0.15, 0.2) is 0 Å². The van der Waals surface area contributed by atoms with E-state index in [2.05, 4.69) is 15.8 Å². The minimum Gasteiger partial charge on any atom is -0.544 e. The highest BCUT2D eigenvalue weighted by Gasteiger charge is 2.05. The first kappa shape index (κ1) is 14.7. The first-order valence-electron chi connectivity index (χ1n) is 6.04. The van der Waals surface area contributed by atoms with E-state index in [1.807, 2.05) is 6.07 Å². The Labute approximate surface area is 125 Å². The lowest BCUT2D eigenvalue weighted by Gasteiger charge is -2.04. The molecule has 0 unspecified atom stereocenters. The Hall–Kier alpha value is -2.67. The van der Waals surface area contributed by atoms with Gasteiger partial charge in [0.25, 0.3) is 0 Å². The number of urea groups is 1. The van der Waals surface area contributed by atoms with Crippen LogP contribution in [0.25, 0.3) is 0 Å². The fourth-order valence-corrected chi connectivity index (χ4v) is 2.30. The molecule has 108 valence electrons. The smallest absolute Gasteiger partial charge is 0.339 e. The number of nitrogens with zero attached hydrogens (tertiary/aromatic N) is 1. The van der Waals surface area contributed by atoms with Gasteiger partial charge < -0.3 is 15.2 Å². The molecule has 2 rings (SSSR count). The first-order chi connectivity index (χ1) is 10.1. The Morgan fingerprint density at radius 2 is 1.76 bits per heavy atom. The zero-order valence-corrected chi connectivity index (χ0v) is 11.9. The summed E-state index contributed by atoms with van der Waals surface area (Å²) in [5.41, 5.74) is 3.51. The quantitative estimate of drug-likeness (QED) is 0.664. The maximum atomic E-state index is 11.6. The van der Waals surface area contributed by atoms with Crippen molar-refractivity contribution in [1.29, 1.82) is 0 Å². The third-order valence-electron chi connectivity index (χ3n) is 2.52.